The minimum absolute atomic E-state index is 0. The number of aryl methyl sites for hydroxylation is 1. The van der Waals surface area contributed by atoms with E-state index in [1.165, 1.54) is 0 Å². The molecule has 1 aromatic heterocycles. The molecule has 129 valence electrons. The van der Waals surface area contributed by atoms with Gasteiger partial charge in [0.25, 0.3) is 0 Å². The van der Waals surface area contributed by atoms with Crippen molar-refractivity contribution in [2.45, 2.75) is 13.0 Å². The molecule has 1 atom stereocenters. The molecular weight excluding hydrogens is 490 g/mol. The van der Waals surface area contributed by atoms with Crippen LogP contribution in [0.1, 0.15) is 6.92 Å². The Morgan fingerprint density at radius 1 is 1.08 bits per heavy atom. The number of imidazole rings is 1. The fraction of sp³-hybridized carbons (Fsp3) is 0.158. The van der Waals surface area contributed by atoms with E-state index in [1.54, 1.807) is 12.4 Å². The summed E-state index contributed by atoms with van der Waals surface area (Å²) in [4.78, 5) is 4.22. The zero-order valence-corrected chi connectivity index (χ0v) is 16.4. The Morgan fingerprint density at radius 3 is 2.36 bits per heavy atom. The third-order valence-electron chi connectivity index (χ3n) is 3.53. The molecule has 25 heavy (non-hydrogen) atoms. The fourth-order valence-corrected chi connectivity index (χ4v) is 2.28. The van der Waals surface area contributed by atoms with E-state index in [0.717, 1.165) is 17.1 Å². The number of hydrogen-bond donors (Lipinski definition) is 0. The van der Waals surface area contributed by atoms with Crippen molar-refractivity contribution in [3.8, 4) is 11.4 Å². The first-order chi connectivity index (χ1) is 11.8. The van der Waals surface area contributed by atoms with Gasteiger partial charge in [-0.15, -0.1) is 52.7 Å². The second-order valence-corrected chi connectivity index (χ2v) is 5.32. The number of rotatable bonds is 2. The topological polar surface area (TPSA) is 45.5 Å². The Morgan fingerprint density at radius 2 is 1.84 bits per heavy atom. The van der Waals surface area contributed by atoms with Crippen molar-refractivity contribution in [2.75, 3.05) is 0 Å². The van der Waals surface area contributed by atoms with Gasteiger partial charge in [0.15, 0.2) is 12.3 Å². The molecule has 0 amide bonds. The standard InChI is InChI=1S/C10H9N2.C9H9N3.Ir/c1-12-8-7-11-10(12)9-5-3-2-4-6-9;1-8-7-10-11-12(8)9-5-3-2-4-6-9;/h2*2-5,7-8H,1H3;/q-1;;. The average Bonchev–Trinajstić information content (AvgIpc) is 3.25. The number of para-hydroxylation sites is 1. The Labute approximate surface area is 161 Å². The van der Waals surface area contributed by atoms with Crippen molar-refractivity contribution in [2.24, 2.45) is 17.4 Å². The molecule has 3 aromatic rings. The van der Waals surface area contributed by atoms with Crippen LogP contribution in [0.15, 0.2) is 71.2 Å². The molecule has 1 radical (unpaired) electrons. The van der Waals surface area contributed by atoms with Crippen LogP contribution in [0, 0.1) is 12.1 Å². The van der Waals surface area contributed by atoms with Crippen LogP contribution < -0.4 is 0 Å². The van der Waals surface area contributed by atoms with Crippen molar-refractivity contribution in [3.05, 3.63) is 73.1 Å². The SMILES string of the molecule is CC1C=NN=[N+]1c1[c-]cccc1.Cn1ccnc1-c1[c-]cccc1.[Ir]. The van der Waals surface area contributed by atoms with Gasteiger partial charge in [-0.05, 0) is 6.92 Å². The van der Waals surface area contributed by atoms with E-state index in [1.807, 2.05) is 78.0 Å². The van der Waals surface area contributed by atoms with E-state index < -0.39 is 0 Å². The van der Waals surface area contributed by atoms with Crippen molar-refractivity contribution >= 4 is 11.9 Å². The van der Waals surface area contributed by atoms with E-state index in [9.17, 15) is 0 Å². The molecule has 0 N–H and O–H groups in total. The number of nitrogens with zero attached hydrogens (tertiary/aromatic N) is 5. The second kappa shape index (κ2) is 9.16. The quantitative estimate of drug-likeness (QED) is 0.383. The molecule has 0 fully saturated rings. The largest absolute Gasteiger partial charge is 0.373 e. The van der Waals surface area contributed by atoms with Crippen molar-refractivity contribution in [3.63, 3.8) is 0 Å². The van der Waals surface area contributed by atoms with Crippen molar-refractivity contribution in [1.29, 1.82) is 0 Å². The third-order valence-corrected chi connectivity index (χ3v) is 3.53. The fourth-order valence-electron chi connectivity index (χ4n) is 2.28. The van der Waals surface area contributed by atoms with Crippen molar-refractivity contribution < 1.29 is 24.8 Å². The summed E-state index contributed by atoms with van der Waals surface area (Å²) in [5.41, 5.74) is 1.99. The van der Waals surface area contributed by atoms with Gasteiger partial charge in [-0.2, -0.15) is 18.2 Å². The monoisotopic (exact) mass is 509 g/mol. The summed E-state index contributed by atoms with van der Waals surface area (Å²) >= 11 is 0. The molecule has 2 aromatic carbocycles. The molecule has 5 nitrogen and oxygen atoms in total. The van der Waals surface area contributed by atoms with Crippen LogP contribution in [-0.4, -0.2) is 26.5 Å². The van der Waals surface area contributed by atoms with Gasteiger partial charge in [-0.3, -0.25) is 4.98 Å². The van der Waals surface area contributed by atoms with Gasteiger partial charge in [0, 0.05) is 45.2 Å². The maximum atomic E-state index is 4.22. The van der Waals surface area contributed by atoms with E-state index in [4.69, 9.17) is 0 Å². The molecule has 2 heterocycles. The molecule has 0 saturated carbocycles. The molecular formula is C19H18IrN5-. The van der Waals surface area contributed by atoms with Crippen LogP contribution in [0.3, 0.4) is 0 Å². The molecule has 1 aliphatic heterocycles. The summed E-state index contributed by atoms with van der Waals surface area (Å²) < 4.78 is 3.81. The van der Waals surface area contributed by atoms with Gasteiger partial charge >= 0.3 is 0 Å². The second-order valence-electron chi connectivity index (χ2n) is 5.32. The van der Waals surface area contributed by atoms with Crippen molar-refractivity contribution in [1.82, 2.24) is 9.55 Å². The summed E-state index contributed by atoms with van der Waals surface area (Å²) in [7, 11) is 1.98. The predicted octanol–water partition coefficient (Wildman–Crippen LogP) is 3.86. The van der Waals surface area contributed by atoms with E-state index in [-0.39, 0.29) is 26.1 Å². The molecule has 4 rings (SSSR count). The first-order valence-electron chi connectivity index (χ1n) is 7.70. The van der Waals surface area contributed by atoms with Crippen LogP contribution in [0.5, 0.6) is 0 Å². The summed E-state index contributed by atoms with van der Waals surface area (Å²) in [6, 6.07) is 22.0. The zero-order chi connectivity index (χ0) is 16.8. The maximum absolute atomic E-state index is 4.22. The van der Waals surface area contributed by atoms with Gasteiger partial charge in [0.05, 0.1) is 10.9 Å². The summed E-state index contributed by atoms with van der Waals surface area (Å²) in [6.07, 6.45) is 5.52. The molecule has 1 aliphatic rings. The third kappa shape index (κ3) is 4.78. The average molecular weight is 509 g/mol. The molecule has 0 spiro atoms. The molecule has 0 saturated heterocycles. The Hall–Kier alpha value is -2.43. The van der Waals surface area contributed by atoms with Crippen LogP contribution in [0.4, 0.5) is 5.69 Å². The summed E-state index contributed by atoms with van der Waals surface area (Å²) in [5.74, 6) is 0.954. The first-order valence-corrected chi connectivity index (χ1v) is 7.70. The molecule has 6 heteroatoms. The summed E-state index contributed by atoms with van der Waals surface area (Å²) in [6.45, 7) is 2.04. The predicted molar refractivity (Wildman–Crippen MR) is 93.1 cm³/mol. The Balaban J connectivity index is 0.000000173. The minimum Gasteiger partial charge on any atom is -0.373 e. The van der Waals surface area contributed by atoms with Crippen LogP contribution in [0.2, 0.25) is 0 Å². The number of aromatic nitrogens is 2. The van der Waals surface area contributed by atoms with Crippen LogP contribution >= 0.6 is 0 Å². The van der Waals surface area contributed by atoms with Gasteiger partial charge in [0.1, 0.15) is 5.22 Å². The maximum Gasteiger partial charge on any atom is 0.191 e. The zero-order valence-electron chi connectivity index (χ0n) is 14.0. The normalized spacial score (nSPS) is 15.0. The molecule has 1 unspecified atom stereocenters. The van der Waals surface area contributed by atoms with Crippen LogP contribution in [-0.2, 0) is 27.2 Å². The van der Waals surface area contributed by atoms with E-state index in [0.29, 0.717) is 0 Å². The molecule has 0 aliphatic carbocycles. The van der Waals surface area contributed by atoms with Crippen LogP contribution in [0.25, 0.3) is 11.4 Å². The van der Waals surface area contributed by atoms with E-state index >= 15 is 0 Å². The van der Waals surface area contributed by atoms with Gasteiger partial charge < -0.3 is 4.57 Å². The molecule has 0 bridgehead atoms. The Kier molecular flexibility index (Phi) is 6.92. The van der Waals surface area contributed by atoms with E-state index in [2.05, 4.69) is 27.4 Å². The summed E-state index contributed by atoms with van der Waals surface area (Å²) in [5, 5.41) is 7.79. The van der Waals surface area contributed by atoms with Gasteiger partial charge in [-0.1, -0.05) is 0 Å². The van der Waals surface area contributed by atoms with Gasteiger partial charge in [0.2, 0.25) is 0 Å². The van der Waals surface area contributed by atoms with Gasteiger partial charge in [-0.25, -0.2) is 0 Å². The first kappa shape index (κ1) is 18.9. The minimum atomic E-state index is 0. The Bertz CT molecular complexity index is 841. The smallest absolute Gasteiger partial charge is 0.191 e. The number of hydrogen-bond acceptors (Lipinski definition) is 3. The number of benzene rings is 2.